The number of rotatable bonds is 4. The van der Waals surface area contributed by atoms with Crippen molar-refractivity contribution in [3.63, 3.8) is 0 Å². The number of benzene rings is 1. The van der Waals surface area contributed by atoms with Crippen LogP contribution in [-0.2, 0) is 13.6 Å². The second-order valence-corrected chi connectivity index (χ2v) is 4.40. The van der Waals surface area contributed by atoms with Gasteiger partial charge < -0.3 is 19.9 Å². The molecule has 0 atom stereocenters. The minimum Gasteiger partial charge on any atom is -0.508 e. The molecule has 2 aromatic rings. The van der Waals surface area contributed by atoms with E-state index in [9.17, 15) is 5.11 Å². The standard InChI is InChI=1S/C13H18N4O/c1-16(2)13-15-9-11(17(13)3)8-14-10-4-6-12(18)7-5-10/h4-7,9,14,18H,8H2,1-3H3. The third kappa shape index (κ3) is 2.56. The number of phenols is 1. The molecule has 0 fully saturated rings. The van der Waals surface area contributed by atoms with Gasteiger partial charge in [0.2, 0.25) is 5.95 Å². The maximum absolute atomic E-state index is 9.20. The molecule has 0 amide bonds. The largest absolute Gasteiger partial charge is 0.508 e. The molecular weight excluding hydrogens is 228 g/mol. The highest BCUT2D eigenvalue weighted by Gasteiger charge is 2.07. The SMILES string of the molecule is CN(C)c1ncc(CNc2ccc(O)cc2)n1C. The fourth-order valence-electron chi connectivity index (χ4n) is 1.79. The summed E-state index contributed by atoms with van der Waals surface area (Å²) in [6.07, 6.45) is 1.86. The molecule has 0 aliphatic heterocycles. The van der Waals surface area contributed by atoms with E-state index in [1.165, 1.54) is 0 Å². The summed E-state index contributed by atoms with van der Waals surface area (Å²) in [6.45, 7) is 0.697. The molecule has 2 rings (SSSR count). The minimum absolute atomic E-state index is 0.274. The molecule has 0 saturated heterocycles. The molecule has 1 aromatic carbocycles. The summed E-state index contributed by atoms with van der Waals surface area (Å²) < 4.78 is 2.05. The zero-order chi connectivity index (χ0) is 13.1. The molecule has 5 heteroatoms. The van der Waals surface area contributed by atoms with Crippen LogP contribution in [0.1, 0.15) is 5.69 Å². The van der Waals surface area contributed by atoms with Gasteiger partial charge >= 0.3 is 0 Å². The van der Waals surface area contributed by atoms with Crippen LogP contribution in [0.25, 0.3) is 0 Å². The van der Waals surface area contributed by atoms with E-state index in [1.54, 1.807) is 12.1 Å². The first-order valence-electron chi connectivity index (χ1n) is 5.79. The van der Waals surface area contributed by atoms with E-state index in [2.05, 4.69) is 10.3 Å². The summed E-state index contributed by atoms with van der Waals surface area (Å²) in [5.74, 6) is 1.20. The maximum Gasteiger partial charge on any atom is 0.204 e. The molecule has 96 valence electrons. The van der Waals surface area contributed by atoms with Crippen LogP contribution in [0.3, 0.4) is 0 Å². The summed E-state index contributed by atoms with van der Waals surface area (Å²) in [5, 5.41) is 12.5. The van der Waals surface area contributed by atoms with Gasteiger partial charge in [-0.15, -0.1) is 0 Å². The monoisotopic (exact) mass is 246 g/mol. The van der Waals surface area contributed by atoms with Gasteiger partial charge in [-0.1, -0.05) is 0 Å². The Labute approximate surface area is 107 Å². The Hall–Kier alpha value is -2.17. The Kier molecular flexibility index (Phi) is 3.41. The molecule has 18 heavy (non-hydrogen) atoms. The average Bonchev–Trinajstić information content (AvgIpc) is 2.70. The van der Waals surface area contributed by atoms with E-state index >= 15 is 0 Å². The highest BCUT2D eigenvalue weighted by Crippen LogP contribution is 2.16. The maximum atomic E-state index is 9.20. The van der Waals surface area contributed by atoms with Crippen molar-refractivity contribution in [2.75, 3.05) is 24.3 Å². The van der Waals surface area contributed by atoms with Crippen molar-refractivity contribution in [3.05, 3.63) is 36.2 Å². The van der Waals surface area contributed by atoms with Crippen LogP contribution in [0.15, 0.2) is 30.5 Å². The Balaban J connectivity index is 2.04. The number of imidazole rings is 1. The highest BCUT2D eigenvalue weighted by atomic mass is 16.3. The van der Waals surface area contributed by atoms with Crippen LogP contribution >= 0.6 is 0 Å². The lowest BCUT2D eigenvalue weighted by molar-refractivity contribution is 0.475. The molecule has 0 aliphatic carbocycles. The zero-order valence-corrected chi connectivity index (χ0v) is 10.9. The minimum atomic E-state index is 0.274. The van der Waals surface area contributed by atoms with Crippen LogP contribution in [0.5, 0.6) is 5.75 Å². The number of nitrogens with zero attached hydrogens (tertiary/aromatic N) is 3. The average molecular weight is 246 g/mol. The van der Waals surface area contributed by atoms with E-state index in [-0.39, 0.29) is 5.75 Å². The molecular formula is C13H18N4O. The first-order valence-corrected chi connectivity index (χ1v) is 5.79. The van der Waals surface area contributed by atoms with E-state index in [0.717, 1.165) is 17.3 Å². The molecule has 2 N–H and O–H groups in total. The number of hydrogen-bond donors (Lipinski definition) is 2. The Morgan fingerprint density at radius 2 is 1.94 bits per heavy atom. The first kappa shape index (κ1) is 12.3. The highest BCUT2D eigenvalue weighted by molar-refractivity contribution is 5.46. The Bertz CT molecular complexity index is 516. The molecule has 1 aromatic heterocycles. The summed E-state index contributed by atoms with van der Waals surface area (Å²) in [5.41, 5.74) is 2.08. The smallest absolute Gasteiger partial charge is 0.204 e. The van der Waals surface area contributed by atoms with Gasteiger partial charge in [-0.2, -0.15) is 0 Å². The van der Waals surface area contributed by atoms with Gasteiger partial charge in [0.05, 0.1) is 18.4 Å². The fourth-order valence-corrected chi connectivity index (χ4v) is 1.79. The van der Waals surface area contributed by atoms with E-state index < -0.39 is 0 Å². The number of anilines is 2. The second kappa shape index (κ2) is 5.00. The molecule has 0 saturated carbocycles. The molecule has 0 unspecified atom stereocenters. The van der Waals surface area contributed by atoms with Crippen molar-refractivity contribution in [2.45, 2.75) is 6.54 Å². The number of aromatic hydroxyl groups is 1. The lowest BCUT2D eigenvalue weighted by atomic mass is 10.3. The molecule has 0 bridgehead atoms. The normalized spacial score (nSPS) is 10.4. The molecule has 1 heterocycles. The van der Waals surface area contributed by atoms with Gasteiger partial charge in [-0.05, 0) is 24.3 Å². The van der Waals surface area contributed by atoms with Crippen molar-refractivity contribution in [1.29, 1.82) is 0 Å². The molecule has 0 aliphatic rings. The Morgan fingerprint density at radius 1 is 1.28 bits per heavy atom. The van der Waals surface area contributed by atoms with Crippen LogP contribution in [-0.4, -0.2) is 28.8 Å². The van der Waals surface area contributed by atoms with Crippen molar-refractivity contribution in [2.24, 2.45) is 7.05 Å². The topological polar surface area (TPSA) is 53.3 Å². The van der Waals surface area contributed by atoms with Crippen LogP contribution in [0.4, 0.5) is 11.6 Å². The van der Waals surface area contributed by atoms with Gasteiger partial charge in [0.1, 0.15) is 5.75 Å². The Morgan fingerprint density at radius 3 is 2.50 bits per heavy atom. The van der Waals surface area contributed by atoms with Crippen molar-refractivity contribution >= 4 is 11.6 Å². The quantitative estimate of drug-likeness (QED) is 0.808. The van der Waals surface area contributed by atoms with Gasteiger partial charge in [0.25, 0.3) is 0 Å². The molecule has 5 nitrogen and oxygen atoms in total. The number of nitrogens with one attached hydrogen (secondary N) is 1. The van der Waals surface area contributed by atoms with Crippen LogP contribution < -0.4 is 10.2 Å². The fraction of sp³-hybridized carbons (Fsp3) is 0.308. The summed E-state index contributed by atoms with van der Waals surface area (Å²) in [6, 6.07) is 7.02. The van der Waals surface area contributed by atoms with E-state index in [4.69, 9.17) is 0 Å². The summed E-state index contributed by atoms with van der Waals surface area (Å²) in [4.78, 5) is 6.33. The van der Waals surface area contributed by atoms with Crippen molar-refractivity contribution in [3.8, 4) is 5.75 Å². The van der Waals surface area contributed by atoms with Gasteiger partial charge in [-0.25, -0.2) is 4.98 Å². The first-order chi connectivity index (χ1) is 8.58. The lowest BCUT2D eigenvalue weighted by Crippen LogP contribution is -2.15. The summed E-state index contributed by atoms with van der Waals surface area (Å²) >= 11 is 0. The number of hydrogen-bond acceptors (Lipinski definition) is 4. The van der Waals surface area contributed by atoms with Gasteiger partial charge in [-0.3, -0.25) is 0 Å². The van der Waals surface area contributed by atoms with Crippen LogP contribution in [0.2, 0.25) is 0 Å². The zero-order valence-electron chi connectivity index (χ0n) is 10.9. The molecule has 0 spiro atoms. The predicted molar refractivity (Wildman–Crippen MR) is 73.0 cm³/mol. The lowest BCUT2D eigenvalue weighted by Gasteiger charge is -2.13. The predicted octanol–water partition coefficient (Wildman–Crippen LogP) is 1.80. The summed E-state index contributed by atoms with van der Waals surface area (Å²) in [7, 11) is 5.94. The van der Waals surface area contributed by atoms with Gasteiger partial charge in [0, 0.05) is 26.8 Å². The van der Waals surface area contributed by atoms with E-state index in [0.29, 0.717) is 6.54 Å². The third-order valence-electron chi connectivity index (χ3n) is 2.80. The van der Waals surface area contributed by atoms with Crippen molar-refractivity contribution in [1.82, 2.24) is 9.55 Å². The van der Waals surface area contributed by atoms with Gasteiger partial charge in [0.15, 0.2) is 0 Å². The third-order valence-corrected chi connectivity index (χ3v) is 2.80. The number of aromatic nitrogens is 2. The molecule has 0 radical (unpaired) electrons. The second-order valence-electron chi connectivity index (χ2n) is 4.40. The van der Waals surface area contributed by atoms with Crippen LogP contribution in [0, 0.1) is 0 Å². The van der Waals surface area contributed by atoms with Crippen molar-refractivity contribution < 1.29 is 5.11 Å². The number of phenolic OH excluding ortho intramolecular Hbond substituents is 1. The van der Waals surface area contributed by atoms with E-state index in [1.807, 2.05) is 48.9 Å².